The summed E-state index contributed by atoms with van der Waals surface area (Å²) in [5.74, 6) is -2.34. The molecule has 0 N–H and O–H groups in total. The van der Waals surface area contributed by atoms with Gasteiger partial charge in [-0.3, -0.25) is 19.2 Å². The maximum Gasteiger partial charge on any atom is 0.303 e. The summed E-state index contributed by atoms with van der Waals surface area (Å²) in [5.41, 5.74) is 0. The number of halogens is 1. The molecule has 1 aliphatic rings. The predicted octanol–water partition coefficient (Wildman–Crippen LogP) is 3.06. The van der Waals surface area contributed by atoms with Crippen molar-refractivity contribution < 1.29 is 47.6 Å². The summed E-state index contributed by atoms with van der Waals surface area (Å²) in [6.07, 6.45) is -6.20. The Labute approximate surface area is 209 Å². The normalized spacial score (nSPS) is 23.7. The molecule has 0 radical (unpaired) electrons. The van der Waals surface area contributed by atoms with Gasteiger partial charge in [-0.2, -0.15) is 0 Å². The van der Waals surface area contributed by atoms with E-state index in [1.807, 2.05) is 24.3 Å². The van der Waals surface area contributed by atoms with Crippen molar-refractivity contribution in [3.63, 3.8) is 0 Å². The number of benzene rings is 2. The fraction of sp³-hybridized carbons (Fsp3) is 0.417. The molecule has 1 heterocycles. The maximum absolute atomic E-state index is 11.9. The average Bonchev–Trinajstić information content (AvgIpc) is 2.75. The van der Waals surface area contributed by atoms with Crippen molar-refractivity contribution >= 4 is 50.6 Å². The van der Waals surface area contributed by atoms with Crippen molar-refractivity contribution in [2.24, 2.45) is 0 Å². The third-order valence-electron chi connectivity index (χ3n) is 4.97. The number of ether oxygens (including phenoxy) is 6. The first-order valence-electron chi connectivity index (χ1n) is 10.7. The zero-order valence-electron chi connectivity index (χ0n) is 19.5. The summed E-state index contributed by atoms with van der Waals surface area (Å²) in [4.78, 5) is 47.1. The van der Waals surface area contributed by atoms with Gasteiger partial charge in [0.05, 0.1) is 0 Å². The van der Waals surface area contributed by atoms with Crippen molar-refractivity contribution in [3.8, 4) is 5.75 Å². The molecule has 2 aromatic carbocycles. The lowest BCUT2D eigenvalue weighted by Crippen LogP contribution is -2.63. The summed E-state index contributed by atoms with van der Waals surface area (Å²) >= 11 is 3.43. The van der Waals surface area contributed by atoms with E-state index in [4.69, 9.17) is 28.4 Å². The van der Waals surface area contributed by atoms with Gasteiger partial charge in [-0.05, 0) is 35.0 Å². The van der Waals surface area contributed by atoms with Crippen LogP contribution < -0.4 is 4.74 Å². The van der Waals surface area contributed by atoms with Gasteiger partial charge in [-0.1, -0.05) is 28.1 Å². The van der Waals surface area contributed by atoms with Crippen LogP contribution in [0.2, 0.25) is 0 Å². The third kappa shape index (κ3) is 7.15. The summed E-state index contributed by atoms with van der Waals surface area (Å²) in [7, 11) is 0. The molecule has 11 heteroatoms. The van der Waals surface area contributed by atoms with Crippen LogP contribution in [-0.2, 0) is 42.9 Å². The molecule has 0 saturated carbocycles. The summed E-state index contributed by atoms with van der Waals surface area (Å²) in [6.45, 7) is 4.36. The second-order valence-electron chi connectivity index (χ2n) is 7.84. The van der Waals surface area contributed by atoms with Crippen molar-refractivity contribution in [1.82, 2.24) is 0 Å². The molecule has 0 spiro atoms. The molecular weight excluding hydrogens is 528 g/mol. The molecular formula is C24H25BrO10. The SMILES string of the molecule is CC(=O)OC[C@H]1O[C@H](Oc2ccc3cc(Br)ccc3c2)[C@H](OC(C)=O)[C@@H](OC(C)=O)[C@@H]1OC(C)=O. The van der Waals surface area contributed by atoms with Crippen LogP contribution in [0, 0.1) is 0 Å². The topological polar surface area (TPSA) is 124 Å². The molecule has 0 unspecified atom stereocenters. The van der Waals surface area contributed by atoms with Gasteiger partial charge < -0.3 is 28.4 Å². The summed E-state index contributed by atoms with van der Waals surface area (Å²) in [5, 5.41) is 1.82. The molecule has 10 nitrogen and oxygen atoms in total. The quantitative estimate of drug-likeness (QED) is 0.373. The van der Waals surface area contributed by atoms with Gasteiger partial charge in [0.15, 0.2) is 12.2 Å². The fourth-order valence-electron chi connectivity index (χ4n) is 3.69. The molecule has 0 aromatic heterocycles. The first-order chi connectivity index (χ1) is 16.5. The molecule has 35 heavy (non-hydrogen) atoms. The molecule has 0 aliphatic carbocycles. The predicted molar refractivity (Wildman–Crippen MR) is 124 cm³/mol. The van der Waals surface area contributed by atoms with Crippen LogP contribution in [0.15, 0.2) is 40.9 Å². The number of hydrogen-bond donors (Lipinski definition) is 0. The molecule has 1 saturated heterocycles. The Bertz CT molecular complexity index is 1120. The Morgan fingerprint density at radius 2 is 1.34 bits per heavy atom. The highest BCUT2D eigenvalue weighted by Gasteiger charge is 2.53. The minimum Gasteiger partial charge on any atom is -0.463 e. The van der Waals surface area contributed by atoms with Crippen LogP contribution in [0.25, 0.3) is 10.8 Å². The number of rotatable bonds is 7. The summed E-state index contributed by atoms with van der Waals surface area (Å²) in [6, 6.07) is 11.0. The molecule has 5 atom stereocenters. The molecule has 0 bridgehead atoms. The summed E-state index contributed by atoms with van der Waals surface area (Å²) < 4.78 is 34.1. The van der Waals surface area contributed by atoms with Gasteiger partial charge in [0, 0.05) is 32.2 Å². The van der Waals surface area contributed by atoms with Gasteiger partial charge in [0.2, 0.25) is 12.4 Å². The highest BCUT2D eigenvalue weighted by Crippen LogP contribution is 2.32. The van der Waals surface area contributed by atoms with Gasteiger partial charge in [-0.15, -0.1) is 0 Å². The van der Waals surface area contributed by atoms with Gasteiger partial charge in [0.1, 0.15) is 18.5 Å². The Morgan fingerprint density at radius 1 is 0.771 bits per heavy atom. The van der Waals surface area contributed by atoms with Crippen molar-refractivity contribution in [3.05, 3.63) is 40.9 Å². The zero-order valence-corrected chi connectivity index (χ0v) is 21.1. The van der Waals surface area contributed by atoms with E-state index in [0.29, 0.717) is 5.75 Å². The lowest BCUT2D eigenvalue weighted by molar-refractivity contribution is -0.288. The average molecular weight is 553 g/mol. The van der Waals surface area contributed by atoms with Crippen molar-refractivity contribution in [2.45, 2.75) is 58.4 Å². The minimum atomic E-state index is -1.30. The first-order valence-corrected chi connectivity index (χ1v) is 11.5. The zero-order chi connectivity index (χ0) is 25.7. The monoisotopic (exact) mass is 552 g/mol. The number of carbonyl (C=O) groups excluding carboxylic acids is 4. The van der Waals surface area contributed by atoms with Crippen LogP contribution in [0.1, 0.15) is 27.7 Å². The van der Waals surface area contributed by atoms with E-state index in [0.717, 1.165) is 29.1 Å². The molecule has 1 fully saturated rings. The van der Waals surface area contributed by atoms with Crippen LogP contribution in [0.4, 0.5) is 0 Å². The van der Waals surface area contributed by atoms with Crippen LogP contribution in [0.3, 0.4) is 0 Å². The second-order valence-corrected chi connectivity index (χ2v) is 8.75. The Morgan fingerprint density at radius 3 is 1.97 bits per heavy atom. The van der Waals surface area contributed by atoms with Crippen LogP contribution in [0.5, 0.6) is 5.75 Å². The molecule has 0 amide bonds. The largest absolute Gasteiger partial charge is 0.463 e. The number of esters is 4. The maximum atomic E-state index is 11.9. The van der Waals surface area contributed by atoms with E-state index in [1.165, 1.54) is 13.8 Å². The molecule has 2 aromatic rings. The first kappa shape index (κ1) is 26.4. The second kappa shape index (κ2) is 11.5. The van der Waals surface area contributed by atoms with E-state index in [9.17, 15) is 19.2 Å². The fourth-order valence-corrected chi connectivity index (χ4v) is 4.06. The Balaban J connectivity index is 1.99. The third-order valence-corrected chi connectivity index (χ3v) is 5.47. The molecule has 1 aliphatic heterocycles. The number of carbonyl (C=O) groups is 4. The minimum absolute atomic E-state index is 0.330. The van der Waals surface area contributed by atoms with E-state index in [-0.39, 0.29) is 6.61 Å². The lowest BCUT2D eigenvalue weighted by atomic mass is 9.98. The van der Waals surface area contributed by atoms with E-state index < -0.39 is 54.6 Å². The Kier molecular flexibility index (Phi) is 8.68. The molecule has 3 rings (SSSR count). The van der Waals surface area contributed by atoms with Crippen molar-refractivity contribution in [2.75, 3.05) is 6.61 Å². The van der Waals surface area contributed by atoms with Gasteiger partial charge in [-0.25, -0.2) is 0 Å². The van der Waals surface area contributed by atoms with Crippen LogP contribution in [-0.4, -0.2) is 61.2 Å². The van der Waals surface area contributed by atoms with Crippen LogP contribution >= 0.6 is 15.9 Å². The number of fused-ring (bicyclic) bond motifs is 1. The standard InChI is InChI=1S/C24H25BrO10/c1-12(26)30-11-20-21(31-13(2)27)22(32-14(3)28)23(33-15(4)29)24(35-20)34-19-8-6-16-9-18(25)7-5-17(16)10-19/h5-10,20-24H,11H2,1-4H3/t20-,21-,22+,23-,24+/m1/s1. The number of hydrogen-bond acceptors (Lipinski definition) is 10. The Hall–Kier alpha value is -3.18. The highest BCUT2D eigenvalue weighted by molar-refractivity contribution is 9.10. The van der Waals surface area contributed by atoms with E-state index in [1.54, 1.807) is 12.1 Å². The van der Waals surface area contributed by atoms with E-state index in [2.05, 4.69) is 15.9 Å². The van der Waals surface area contributed by atoms with E-state index >= 15 is 0 Å². The lowest BCUT2D eigenvalue weighted by Gasteiger charge is -2.43. The van der Waals surface area contributed by atoms with Gasteiger partial charge >= 0.3 is 23.9 Å². The highest BCUT2D eigenvalue weighted by atomic mass is 79.9. The van der Waals surface area contributed by atoms with Gasteiger partial charge in [0.25, 0.3) is 0 Å². The van der Waals surface area contributed by atoms with Crippen molar-refractivity contribution in [1.29, 1.82) is 0 Å². The smallest absolute Gasteiger partial charge is 0.303 e. The molecule has 188 valence electrons.